The number of pyridine rings is 1. The first-order chi connectivity index (χ1) is 14.4. The van der Waals surface area contributed by atoms with Crippen LogP contribution in [0.25, 0.3) is 11.1 Å². The molecule has 2 aromatic rings. The van der Waals surface area contributed by atoms with Gasteiger partial charge in [-0.2, -0.15) is 10.4 Å². The molecule has 1 aliphatic carbocycles. The van der Waals surface area contributed by atoms with E-state index in [1.54, 1.807) is 0 Å². The highest BCUT2D eigenvalue weighted by molar-refractivity contribution is 5.78. The highest BCUT2D eigenvalue weighted by Gasteiger charge is 2.38. The summed E-state index contributed by atoms with van der Waals surface area (Å²) >= 11 is 0. The summed E-state index contributed by atoms with van der Waals surface area (Å²) in [6.07, 6.45) is 11.0. The van der Waals surface area contributed by atoms with Crippen molar-refractivity contribution in [2.24, 2.45) is 5.41 Å². The van der Waals surface area contributed by atoms with Gasteiger partial charge in [0.25, 0.3) is 5.97 Å². The Morgan fingerprint density at radius 2 is 2.17 bits per heavy atom. The van der Waals surface area contributed by atoms with Crippen molar-refractivity contribution in [2.45, 2.75) is 45.6 Å². The smallest absolute Gasteiger partial charge is 0.300 e. The first-order valence-electron chi connectivity index (χ1n) is 10.1. The van der Waals surface area contributed by atoms with E-state index in [-0.39, 0.29) is 0 Å². The van der Waals surface area contributed by atoms with Crippen LogP contribution in [0.1, 0.15) is 43.0 Å². The number of aromatic nitrogens is 3. The molecular formula is C22H28N6O2. The molecule has 1 spiro atoms. The molecule has 0 unspecified atom stereocenters. The molecule has 0 saturated carbocycles. The second-order valence-corrected chi connectivity index (χ2v) is 7.97. The van der Waals surface area contributed by atoms with E-state index in [1.807, 2.05) is 23.2 Å². The molecule has 1 fully saturated rings. The standard InChI is InChI=1S/C20H24N6.C2H4O2/c1-2-9-26-13-14(12-24-26)18-15-10-20(5-7-23-8-6-20)4-3-17(15)25-19(22)16(18)11-21;1-2(3)4/h2,12-13,23H,1,3-10H2,(H2,22,25);1H3,(H,3,4). The monoisotopic (exact) mass is 408 g/mol. The predicted molar refractivity (Wildman–Crippen MR) is 115 cm³/mol. The summed E-state index contributed by atoms with van der Waals surface area (Å²) in [4.78, 5) is 13.6. The Bertz CT molecular complexity index is 978. The Balaban J connectivity index is 0.000000589. The average molecular weight is 409 g/mol. The number of rotatable bonds is 3. The molecule has 158 valence electrons. The summed E-state index contributed by atoms with van der Waals surface area (Å²) in [5, 5.41) is 25.0. The molecular weight excluding hydrogens is 380 g/mol. The number of carbonyl (C=O) groups is 1. The molecule has 1 saturated heterocycles. The van der Waals surface area contributed by atoms with E-state index in [1.165, 1.54) is 18.4 Å². The number of aliphatic carboxylic acids is 1. The third-order valence-corrected chi connectivity index (χ3v) is 5.87. The van der Waals surface area contributed by atoms with Crippen LogP contribution in [-0.2, 0) is 24.2 Å². The largest absolute Gasteiger partial charge is 0.481 e. The number of aryl methyl sites for hydroxylation is 1. The van der Waals surface area contributed by atoms with Crippen LogP contribution in [-0.4, -0.2) is 38.9 Å². The zero-order chi connectivity index (χ0) is 21.7. The maximum atomic E-state index is 9.75. The highest BCUT2D eigenvalue weighted by Crippen LogP contribution is 2.45. The van der Waals surface area contributed by atoms with Gasteiger partial charge in [-0.1, -0.05) is 6.08 Å². The van der Waals surface area contributed by atoms with Crippen molar-refractivity contribution in [1.29, 1.82) is 5.26 Å². The van der Waals surface area contributed by atoms with E-state index in [4.69, 9.17) is 15.6 Å². The lowest BCUT2D eigenvalue weighted by molar-refractivity contribution is -0.134. The summed E-state index contributed by atoms with van der Waals surface area (Å²) in [6.45, 7) is 7.62. The van der Waals surface area contributed by atoms with Gasteiger partial charge in [0, 0.05) is 29.9 Å². The Morgan fingerprint density at radius 1 is 1.47 bits per heavy atom. The van der Waals surface area contributed by atoms with Crippen molar-refractivity contribution < 1.29 is 9.90 Å². The molecule has 0 amide bonds. The Morgan fingerprint density at radius 3 is 2.80 bits per heavy atom. The summed E-state index contributed by atoms with van der Waals surface area (Å²) < 4.78 is 1.83. The van der Waals surface area contributed by atoms with Crippen molar-refractivity contribution in [3.05, 3.63) is 41.9 Å². The van der Waals surface area contributed by atoms with E-state index >= 15 is 0 Å². The van der Waals surface area contributed by atoms with E-state index in [9.17, 15) is 5.26 Å². The Labute approximate surface area is 176 Å². The second-order valence-electron chi connectivity index (χ2n) is 7.97. The number of carboxylic acid groups (broad SMARTS) is 1. The number of hydrogen-bond donors (Lipinski definition) is 3. The minimum Gasteiger partial charge on any atom is -0.481 e. The normalized spacial score (nSPS) is 16.7. The first-order valence-corrected chi connectivity index (χ1v) is 10.1. The van der Waals surface area contributed by atoms with Crippen LogP contribution in [0, 0.1) is 16.7 Å². The fourth-order valence-corrected chi connectivity index (χ4v) is 4.48. The second kappa shape index (κ2) is 9.09. The lowest BCUT2D eigenvalue weighted by Gasteiger charge is -2.42. The lowest BCUT2D eigenvalue weighted by Crippen LogP contribution is -2.40. The third-order valence-electron chi connectivity index (χ3n) is 5.87. The van der Waals surface area contributed by atoms with E-state index in [2.05, 4.69) is 28.0 Å². The number of anilines is 1. The molecule has 2 aliphatic rings. The number of nitrogens with two attached hydrogens (primary N) is 1. The van der Waals surface area contributed by atoms with Crippen LogP contribution in [0.4, 0.5) is 5.82 Å². The summed E-state index contributed by atoms with van der Waals surface area (Å²) in [7, 11) is 0. The van der Waals surface area contributed by atoms with Crippen LogP contribution in [0.15, 0.2) is 25.0 Å². The first kappa shape index (κ1) is 21.5. The topological polar surface area (TPSA) is 130 Å². The number of nitrogens with zero attached hydrogens (tertiary/aromatic N) is 4. The van der Waals surface area contributed by atoms with Gasteiger partial charge in [0.05, 0.1) is 12.7 Å². The van der Waals surface area contributed by atoms with Crippen LogP contribution in [0.5, 0.6) is 0 Å². The number of fused-ring (bicyclic) bond motifs is 1. The van der Waals surface area contributed by atoms with Gasteiger partial charge in [0.15, 0.2) is 0 Å². The number of piperidine rings is 1. The lowest BCUT2D eigenvalue weighted by atomic mass is 9.66. The molecule has 8 nitrogen and oxygen atoms in total. The fourth-order valence-electron chi connectivity index (χ4n) is 4.48. The number of nitrogen functional groups attached to an aromatic ring is 1. The van der Waals surface area contributed by atoms with Crippen molar-refractivity contribution in [2.75, 3.05) is 18.8 Å². The molecule has 30 heavy (non-hydrogen) atoms. The van der Waals surface area contributed by atoms with Gasteiger partial charge >= 0.3 is 0 Å². The van der Waals surface area contributed by atoms with Gasteiger partial charge in [-0.05, 0) is 56.2 Å². The molecule has 4 rings (SSSR count). The van der Waals surface area contributed by atoms with Crippen molar-refractivity contribution in [1.82, 2.24) is 20.1 Å². The molecule has 0 aromatic carbocycles. The van der Waals surface area contributed by atoms with Crippen molar-refractivity contribution >= 4 is 11.8 Å². The van der Waals surface area contributed by atoms with Crippen LogP contribution in [0.3, 0.4) is 0 Å². The molecule has 3 heterocycles. The van der Waals surface area contributed by atoms with Gasteiger partial charge < -0.3 is 16.2 Å². The predicted octanol–water partition coefficient (Wildman–Crippen LogP) is 2.53. The van der Waals surface area contributed by atoms with Crippen molar-refractivity contribution in [3.63, 3.8) is 0 Å². The number of carboxylic acids is 1. The number of hydrogen-bond acceptors (Lipinski definition) is 6. The number of nitriles is 1. The summed E-state index contributed by atoms with van der Waals surface area (Å²) in [5.41, 5.74) is 11.1. The van der Waals surface area contributed by atoms with Gasteiger partial charge in [-0.3, -0.25) is 9.48 Å². The average Bonchev–Trinajstić information content (AvgIpc) is 3.16. The van der Waals surface area contributed by atoms with Crippen LogP contribution >= 0.6 is 0 Å². The van der Waals surface area contributed by atoms with Gasteiger partial charge in [-0.25, -0.2) is 4.98 Å². The third kappa shape index (κ3) is 4.52. The molecule has 8 heteroatoms. The molecule has 1 aliphatic heterocycles. The molecule has 0 bridgehead atoms. The van der Waals surface area contributed by atoms with Gasteiger partial charge in [0.2, 0.25) is 0 Å². The van der Waals surface area contributed by atoms with E-state index < -0.39 is 5.97 Å². The maximum absolute atomic E-state index is 9.75. The van der Waals surface area contributed by atoms with Gasteiger partial charge in [-0.15, -0.1) is 6.58 Å². The Hall–Kier alpha value is -3.18. The summed E-state index contributed by atoms with van der Waals surface area (Å²) in [5.74, 6) is -0.501. The molecule has 4 N–H and O–H groups in total. The molecule has 0 radical (unpaired) electrons. The van der Waals surface area contributed by atoms with Gasteiger partial charge in [0.1, 0.15) is 17.5 Å². The number of allylic oxidation sites excluding steroid dienone is 1. The van der Waals surface area contributed by atoms with E-state index in [0.717, 1.165) is 56.1 Å². The minimum absolute atomic E-state index is 0.314. The van der Waals surface area contributed by atoms with E-state index in [0.29, 0.717) is 23.3 Å². The maximum Gasteiger partial charge on any atom is 0.300 e. The van der Waals surface area contributed by atoms with Crippen LogP contribution in [0.2, 0.25) is 0 Å². The van der Waals surface area contributed by atoms with Crippen LogP contribution < -0.4 is 11.1 Å². The fraction of sp³-hybridized carbons (Fsp3) is 0.455. The zero-order valence-electron chi connectivity index (χ0n) is 17.3. The SMILES string of the molecule is C=CCn1cc(-c2c(C#N)c(N)nc3c2CC2(CCNCC2)CC3)cn1.CC(=O)O. The number of nitrogens with one attached hydrogen (secondary N) is 1. The Kier molecular flexibility index (Phi) is 6.53. The molecule has 2 aromatic heterocycles. The highest BCUT2D eigenvalue weighted by atomic mass is 16.4. The zero-order valence-corrected chi connectivity index (χ0v) is 17.3. The summed E-state index contributed by atoms with van der Waals surface area (Å²) in [6, 6.07) is 2.29. The minimum atomic E-state index is -0.833. The van der Waals surface area contributed by atoms with Crippen molar-refractivity contribution in [3.8, 4) is 17.2 Å². The quantitative estimate of drug-likeness (QED) is 0.665. The molecule has 0 atom stereocenters.